The van der Waals surface area contributed by atoms with E-state index in [1.165, 1.54) is 0 Å². The van der Waals surface area contributed by atoms with Gasteiger partial charge >= 0.3 is 0 Å². The first kappa shape index (κ1) is 41.6. The summed E-state index contributed by atoms with van der Waals surface area (Å²) in [4.78, 5) is 10.3. The first-order valence-electron chi connectivity index (χ1n) is 21.8. The van der Waals surface area contributed by atoms with E-state index in [9.17, 15) is 10.2 Å². The van der Waals surface area contributed by atoms with E-state index in [1.807, 2.05) is 123 Å². The lowest BCUT2D eigenvalue weighted by molar-refractivity contribution is 0.300. The van der Waals surface area contributed by atoms with Gasteiger partial charge in [0, 0.05) is 59.4 Å². The van der Waals surface area contributed by atoms with Gasteiger partial charge in [0.2, 0.25) is 0 Å². The Hall–Kier alpha value is -7.70. The molecule has 0 saturated carbocycles. The number of aromatic hydroxyl groups is 2. The van der Waals surface area contributed by atoms with Crippen molar-refractivity contribution < 1.29 is 19.7 Å². The van der Waals surface area contributed by atoms with Gasteiger partial charge in [0.25, 0.3) is 0 Å². The highest BCUT2D eigenvalue weighted by molar-refractivity contribution is 6.01. The molecule has 8 aromatic rings. The van der Waals surface area contributed by atoms with Crippen molar-refractivity contribution in [2.24, 2.45) is 9.98 Å². The molecule has 0 aromatic heterocycles. The number of para-hydroxylation sites is 2. The van der Waals surface area contributed by atoms with Crippen molar-refractivity contribution in [2.75, 3.05) is 0 Å². The van der Waals surface area contributed by atoms with Crippen LogP contribution in [0.15, 0.2) is 192 Å². The van der Waals surface area contributed by atoms with Gasteiger partial charge in [0.15, 0.2) is 0 Å². The minimum absolute atomic E-state index is 0.210. The van der Waals surface area contributed by atoms with E-state index in [-0.39, 0.29) is 11.5 Å². The van der Waals surface area contributed by atoms with Gasteiger partial charge in [-0.25, -0.2) is 0 Å². The Morgan fingerprint density at radius 3 is 1.00 bits per heavy atom. The molecular formula is C58H50N2O4. The standard InChI is InChI=1S/C58H50N2O4/c1-39(43-21-11-5-12-22-43)59-53-33-49-29-45-25-15-27-47(57(45)63-37-41-17-7-3-8-18-41)31-51-35-54(60-40(2)44-23-13-6-14-24-44)36-52(56(51)62)32-48-28-16-26-46(30-50(34-53)55(49)61)58(48)64-38-42-19-9-4-10-20-42/h3-28,33-36,61-62H,29-32,37-38H2,1-2H3. The van der Waals surface area contributed by atoms with Gasteiger partial charge in [0.1, 0.15) is 36.2 Å². The zero-order valence-electron chi connectivity index (χ0n) is 36.2. The number of benzene rings is 8. The third kappa shape index (κ3) is 9.67. The smallest absolute Gasteiger partial charge is 0.126 e. The highest BCUT2D eigenvalue weighted by Crippen LogP contribution is 2.41. The van der Waals surface area contributed by atoms with Crippen LogP contribution >= 0.6 is 0 Å². The van der Waals surface area contributed by atoms with E-state index in [2.05, 4.69) is 72.8 Å². The van der Waals surface area contributed by atoms with Crippen LogP contribution in [0.2, 0.25) is 0 Å². The second-order valence-corrected chi connectivity index (χ2v) is 16.4. The van der Waals surface area contributed by atoms with Crippen LogP contribution in [0, 0.1) is 0 Å². The van der Waals surface area contributed by atoms with E-state index >= 15 is 0 Å². The summed E-state index contributed by atoms with van der Waals surface area (Å²) in [6.45, 7) is 4.73. The lowest BCUT2D eigenvalue weighted by Gasteiger charge is -2.21. The molecule has 64 heavy (non-hydrogen) atoms. The van der Waals surface area contributed by atoms with Gasteiger partial charge in [-0.05, 0) is 82.6 Å². The van der Waals surface area contributed by atoms with E-state index in [0.717, 1.165) is 89.6 Å². The van der Waals surface area contributed by atoms with Crippen LogP contribution in [0.3, 0.4) is 0 Å². The Labute approximate surface area is 375 Å². The Morgan fingerprint density at radius 2 is 0.688 bits per heavy atom. The molecule has 2 N–H and O–H groups in total. The van der Waals surface area contributed by atoms with Crippen molar-refractivity contribution in [3.8, 4) is 23.0 Å². The first-order chi connectivity index (χ1) is 31.3. The molecule has 0 spiro atoms. The van der Waals surface area contributed by atoms with Gasteiger partial charge in [0.05, 0.1) is 11.4 Å². The largest absolute Gasteiger partial charge is 0.507 e. The van der Waals surface area contributed by atoms with Crippen LogP contribution < -0.4 is 9.47 Å². The number of hydrogen-bond donors (Lipinski definition) is 2. The Morgan fingerprint density at radius 1 is 0.391 bits per heavy atom. The molecule has 316 valence electrons. The average Bonchev–Trinajstić information content (AvgIpc) is 3.32. The monoisotopic (exact) mass is 838 g/mol. The summed E-state index contributed by atoms with van der Waals surface area (Å²) in [6.07, 6.45) is 1.50. The van der Waals surface area contributed by atoms with Crippen LogP contribution in [0.25, 0.3) is 0 Å². The highest BCUT2D eigenvalue weighted by Gasteiger charge is 2.22. The number of hydrogen-bond acceptors (Lipinski definition) is 6. The van der Waals surface area contributed by atoms with Crippen LogP contribution in [-0.4, -0.2) is 21.6 Å². The maximum atomic E-state index is 12.3. The van der Waals surface area contributed by atoms with Gasteiger partial charge in [-0.15, -0.1) is 0 Å². The molecule has 0 atom stereocenters. The number of fused-ring (bicyclic) bond motifs is 8. The number of phenolic OH excluding ortho intramolecular Hbond substituents is 2. The summed E-state index contributed by atoms with van der Waals surface area (Å²) in [5.74, 6) is 1.85. The number of ether oxygens (including phenoxy) is 2. The van der Waals surface area contributed by atoms with Crippen molar-refractivity contribution >= 4 is 22.8 Å². The van der Waals surface area contributed by atoms with Gasteiger partial charge in [-0.2, -0.15) is 0 Å². The predicted molar refractivity (Wildman–Crippen MR) is 258 cm³/mol. The third-order valence-corrected chi connectivity index (χ3v) is 11.8. The molecule has 0 amide bonds. The van der Waals surface area contributed by atoms with Crippen molar-refractivity contribution in [1.82, 2.24) is 0 Å². The molecule has 8 bridgehead atoms. The SMILES string of the molecule is CC(=Nc1cc2c(O)c(c1)Cc1cccc(c1OCc1ccccc1)Cc1cc(N=C(C)c3ccccc3)cc(c1O)Cc1cccc(c1OCc1ccccc1)C2)c1ccccc1. The van der Waals surface area contributed by atoms with Crippen molar-refractivity contribution in [3.05, 3.63) is 249 Å². The fourth-order valence-electron chi connectivity index (χ4n) is 8.51. The van der Waals surface area contributed by atoms with Crippen molar-refractivity contribution in [2.45, 2.75) is 52.7 Å². The van der Waals surface area contributed by atoms with E-state index in [0.29, 0.717) is 50.4 Å². The zero-order chi connectivity index (χ0) is 43.8. The third-order valence-electron chi connectivity index (χ3n) is 11.8. The summed E-state index contributed by atoms with van der Waals surface area (Å²) in [5.41, 5.74) is 13.9. The van der Waals surface area contributed by atoms with Crippen molar-refractivity contribution in [3.63, 3.8) is 0 Å². The molecule has 1 aliphatic rings. The zero-order valence-corrected chi connectivity index (χ0v) is 36.2. The van der Waals surface area contributed by atoms with Crippen molar-refractivity contribution in [1.29, 1.82) is 0 Å². The fraction of sp³-hybridized carbons (Fsp3) is 0.138. The van der Waals surface area contributed by atoms with Gasteiger partial charge in [-0.3, -0.25) is 9.98 Å². The summed E-state index contributed by atoms with van der Waals surface area (Å²) < 4.78 is 13.6. The summed E-state index contributed by atoms with van der Waals surface area (Å²) >= 11 is 0. The molecule has 0 heterocycles. The molecule has 9 rings (SSSR count). The molecule has 6 nitrogen and oxygen atoms in total. The number of nitrogens with zero attached hydrogens (tertiary/aromatic N) is 2. The highest BCUT2D eigenvalue weighted by atomic mass is 16.5. The second-order valence-electron chi connectivity index (χ2n) is 16.4. The first-order valence-corrected chi connectivity index (χ1v) is 21.8. The average molecular weight is 839 g/mol. The van der Waals surface area contributed by atoms with E-state index < -0.39 is 0 Å². The second kappa shape index (κ2) is 19.1. The minimum Gasteiger partial charge on any atom is -0.507 e. The molecule has 0 saturated heterocycles. The Balaban J connectivity index is 1.24. The summed E-state index contributed by atoms with van der Waals surface area (Å²) in [6, 6.07) is 60.8. The van der Waals surface area contributed by atoms with Crippen LogP contribution in [-0.2, 0) is 38.9 Å². The molecule has 6 heteroatoms. The molecule has 8 aromatic carbocycles. The van der Waals surface area contributed by atoms with Gasteiger partial charge in [-0.1, -0.05) is 158 Å². The van der Waals surface area contributed by atoms with E-state index in [4.69, 9.17) is 19.5 Å². The quantitative estimate of drug-likeness (QED) is 0.134. The summed E-state index contributed by atoms with van der Waals surface area (Å²) in [7, 11) is 0. The minimum atomic E-state index is 0.210. The maximum absolute atomic E-state index is 12.3. The summed E-state index contributed by atoms with van der Waals surface area (Å²) in [5, 5.41) is 24.7. The molecular weight excluding hydrogens is 789 g/mol. The fourth-order valence-corrected chi connectivity index (χ4v) is 8.51. The molecule has 0 fully saturated rings. The number of aliphatic imine (C=N–C) groups is 2. The predicted octanol–water partition coefficient (Wildman–Crippen LogP) is 13.2. The van der Waals surface area contributed by atoms with Gasteiger partial charge < -0.3 is 19.7 Å². The van der Waals surface area contributed by atoms with Crippen LogP contribution in [0.5, 0.6) is 23.0 Å². The molecule has 0 radical (unpaired) electrons. The molecule has 0 aliphatic heterocycles. The maximum Gasteiger partial charge on any atom is 0.126 e. The topological polar surface area (TPSA) is 83.6 Å². The lowest BCUT2D eigenvalue weighted by atomic mass is 9.91. The number of phenols is 2. The Kier molecular flexibility index (Phi) is 12.5. The van der Waals surface area contributed by atoms with E-state index in [1.54, 1.807) is 0 Å². The molecule has 1 aliphatic carbocycles. The normalized spacial score (nSPS) is 12.7. The number of rotatable bonds is 10. The van der Waals surface area contributed by atoms with Crippen LogP contribution in [0.1, 0.15) is 80.6 Å². The Bertz CT molecular complexity index is 2670. The lowest BCUT2D eigenvalue weighted by Crippen LogP contribution is -2.06. The molecule has 0 unspecified atom stereocenters. The van der Waals surface area contributed by atoms with Crippen LogP contribution in [0.4, 0.5) is 11.4 Å².